The van der Waals surface area contributed by atoms with Crippen LogP contribution >= 0.6 is 23.4 Å². The zero-order valence-electron chi connectivity index (χ0n) is 6.97. The third-order valence-corrected chi connectivity index (χ3v) is 2.12. The maximum absolute atomic E-state index is 5.86. The molecule has 0 unspecified atom stereocenters. The number of aromatic nitrogens is 2. The zero-order valence-corrected chi connectivity index (χ0v) is 8.54. The predicted molar refractivity (Wildman–Crippen MR) is 53.0 cm³/mol. The first-order chi connectivity index (χ1) is 5.77. The first kappa shape index (κ1) is 9.61. The Labute approximate surface area is 80.9 Å². The van der Waals surface area contributed by atoms with E-state index in [0.29, 0.717) is 10.3 Å². The van der Waals surface area contributed by atoms with Gasteiger partial charge in [-0.1, -0.05) is 23.4 Å². The standard InChI is InChI=1S/C7H10ClN3S/c1-3-9-5-4-10-7(12-2)11-6(5)8/h4,9H,3H2,1-2H3. The molecule has 1 heterocycles. The molecule has 0 aliphatic heterocycles. The Morgan fingerprint density at radius 3 is 2.92 bits per heavy atom. The van der Waals surface area contributed by atoms with Crippen LogP contribution in [0.15, 0.2) is 11.4 Å². The first-order valence-electron chi connectivity index (χ1n) is 3.58. The van der Waals surface area contributed by atoms with Gasteiger partial charge in [0.1, 0.15) is 0 Å². The Morgan fingerprint density at radius 1 is 1.67 bits per heavy atom. The molecule has 0 aliphatic carbocycles. The van der Waals surface area contributed by atoms with E-state index in [2.05, 4.69) is 15.3 Å². The fourth-order valence-corrected chi connectivity index (χ4v) is 1.34. The number of hydrogen-bond donors (Lipinski definition) is 1. The number of rotatable bonds is 3. The van der Waals surface area contributed by atoms with Gasteiger partial charge in [-0.15, -0.1) is 0 Å². The minimum Gasteiger partial charge on any atom is -0.382 e. The highest BCUT2D eigenvalue weighted by atomic mass is 35.5. The number of nitrogens with zero attached hydrogens (tertiary/aromatic N) is 2. The Morgan fingerprint density at radius 2 is 2.42 bits per heavy atom. The van der Waals surface area contributed by atoms with Crippen LogP contribution in [-0.2, 0) is 0 Å². The average Bonchev–Trinajstić information content (AvgIpc) is 2.09. The number of halogens is 1. The van der Waals surface area contributed by atoms with Crippen LogP contribution in [-0.4, -0.2) is 22.8 Å². The molecular weight excluding hydrogens is 194 g/mol. The molecule has 1 rings (SSSR count). The van der Waals surface area contributed by atoms with Crippen LogP contribution < -0.4 is 5.32 Å². The van der Waals surface area contributed by atoms with Gasteiger partial charge < -0.3 is 5.32 Å². The highest BCUT2D eigenvalue weighted by Gasteiger charge is 2.01. The van der Waals surface area contributed by atoms with Crippen molar-refractivity contribution in [3.05, 3.63) is 11.3 Å². The summed E-state index contributed by atoms with van der Waals surface area (Å²) in [5.74, 6) is 0. The summed E-state index contributed by atoms with van der Waals surface area (Å²) < 4.78 is 0. The van der Waals surface area contributed by atoms with Crippen molar-refractivity contribution in [3.63, 3.8) is 0 Å². The summed E-state index contributed by atoms with van der Waals surface area (Å²) in [5.41, 5.74) is 0.789. The van der Waals surface area contributed by atoms with Crippen molar-refractivity contribution in [2.45, 2.75) is 12.1 Å². The smallest absolute Gasteiger partial charge is 0.188 e. The highest BCUT2D eigenvalue weighted by Crippen LogP contribution is 2.20. The summed E-state index contributed by atoms with van der Waals surface area (Å²) in [4.78, 5) is 8.15. The number of nitrogens with one attached hydrogen (secondary N) is 1. The molecule has 0 saturated carbocycles. The van der Waals surface area contributed by atoms with Gasteiger partial charge >= 0.3 is 0 Å². The monoisotopic (exact) mass is 203 g/mol. The Kier molecular flexibility index (Phi) is 3.62. The molecule has 66 valence electrons. The van der Waals surface area contributed by atoms with Crippen molar-refractivity contribution in [2.75, 3.05) is 18.1 Å². The Bertz CT molecular complexity index is 267. The molecule has 0 radical (unpaired) electrons. The van der Waals surface area contributed by atoms with E-state index < -0.39 is 0 Å². The van der Waals surface area contributed by atoms with Gasteiger partial charge in [-0.25, -0.2) is 9.97 Å². The van der Waals surface area contributed by atoms with E-state index in [1.807, 2.05) is 13.2 Å². The molecule has 3 nitrogen and oxygen atoms in total. The summed E-state index contributed by atoms with van der Waals surface area (Å²) in [7, 11) is 0. The van der Waals surface area contributed by atoms with Gasteiger partial charge in [-0.2, -0.15) is 0 Å². The van der Waals surface area contributed by atoms with E-state index in [0.717, 1.165) is 12.2 Å². The van der Waals surface area contributed by atoms with Gasteiger partial charge in [0.05, 0.1) is 11.9 Å². The maximum Gasteiger partial charge on any atom is 0.188 e. The highest BCUT2D eigenvalue weighted by molar-refractivity contribution is 7.98. The molecule has 0 spiro atoms. The topological polar surface area (TPSA) is 37.8 Å². The number of thioether (sulfide) groups is 1. The van der Waals surface area contributed by atoms with Crippen LogP contribution in [0.3, 0.4) is 0 Å². The van der Waals surface area contributed by atoms with Crippen LogP contribution in [0.2, 0.25) is 5.15 Å². The van der Waals surface area contributed by atoms with Crippen molar-refractivity contribution in [1.82, 2.24) is 9.97 Å². The summed E-state index contributed by atoms with van der Waals surface area (Å²) >= 11 is 7.34. The summed E-state index contributed by atoms with van der Waals surface area (Å²) in [5, 5.41) is 4.24. The van der Waals surface area contributed by atoms with Gasteiger partial charge in [0.15, 0.2) is 10.3 Å². The molecule has 0 amide bonds. The van der Waals surface area contributed by atoms with Gasteiger partial charge in [0.25, 0.3) is 0 Å². The van der Waals surface area contributed by atoms with Crippen molar-refractivity contribution in [1.29, 1.82) is 0 Å². The second kappa shape index (κ2) is 4.52. The normalized spacial score (nSPS) is 9.92. The van der Waals surface area contributed by atoms with Crippen LogP contribution in [0.4, 0.5) is 5.69 Å². The molecule has 0 aromatic carbocycles. The van der Waals surface area contributed by atoms with Crippen LogP contribution in [0.25, 0.3) is 0 Å². The van der Waals surface area contributed by atoms with E-state index in [9.17, 15) is 0 Å². The van der Waals surface area contributed by atoms with Gasteiger partial charge in [-0.05, 0) is 13.2 Å². The second-order valence-corrected chi connectivity index (χ2v) is 3.22. The van der Waals surface area contributed by atoms with E-state index >= 15 is 0 Å². The fraction of sp³-hybridized carbons (Fsp3) is 0.429. The third kappa shape index (κ3) is 2.25. The van der Waals surface area contributed by atoms with E-state index in [4.69, 9.17) is 11.6 Å². The van der Waals surface area contributed by atoms with Gasteiger partial charge in [-0.3, -0.25) is 0 Å². The molecule has 1 N–H and O–H groups in total. The summed E-state index contributed by atoms with van der Waals surface area (Å²) in [6.45, 7) is 2.82. The fourth-order valence-electron chi connectivity index (χ4n) is 0.753. The molecule has 0 bridgehead atoms. The zero-order chi connectivity index (χ0) is 8.97. The largest absolute Gasteiger partial charge is 0.382 e. The lowest BCUT2D eigenvalue weighted by Gasteiger charge is -2.04. The van der Waals surface area contributed by atoms with Crippen molar-refractivity contribution in [2.24, 2.45) is 0 Å². The predicted octanol–water partition coefficient (Wildman–Crippen LogP) is 2.28. The second-order valence-electron chi connectivity index (χ2n) is 2.09. The minimum atomic E-state index is 0.483. The van der Waals surface area contributed by atoms with E-state index in [1.165, 1.54) is 11.8 Å². The molecular formula is C7H10ClN3S. The number of hydrogen-bond acceptors (Lipinski definition) is 4. The first-order valence-corrected chi connectivity index (χ1v) is 5.18. The van der Waals surface area contributed by atoms with Gasteiger partial charge in [0, 0.05) is 6.54 Å². The molecule has 0 saturated heterocycles. The van der Waals surface area contributed by atoms with Crippen molar-refractivity contribution in [3.8, 4) is 0 Å². The molecule has 12 heavy (non-hydrogen) atoms. The van der Waals surface area contributed by atoms with Gasteiger partial charge in [0.2, 0.25) is 0 Å². The lowest BCUT2D eigenvalue weighted by atomic mass is 10.5. The maximum atomic E-state index is 5.86. The quantitative estimate of drug-likeness (QED) is 0.465. The SMILES string of the molecule is CCNc1cnc(SC)nc1Cl. The third-order valence-electron chi connectivity index (χ3n) is 1.27. The van der Waals surface area contributed by atoms with E-state index in [-0.39, 0.29) is 0 Å². The Hall–Kier alpha value is -0.480. The van der Waals surface area contributed by atoms with Crippen LogP contribution in [0, 0.1) is 0 Å². The summed E-state index contributed by atoms with van der Waals surface area (Å²) in [6, 6.07) is 0. The molecule has 5 heteroatoms. The summed E-state index contributed by atoms with van der Waals surface area (Å²) in [6.07, 6.45) is 3.61. The van der Waals surface area contributed by atoms with Crippen molar-refractivity contribution < 1.29 is 0 Å². The van der Waals surface area contributed by atoms with E-state index in [1.54, 1.807) is 6.20 Å². The molecule has 0 fully saturated rings. The minimum absolute atomic E-state index is 0.483. The van der Waals surface area contributed by atoms with Crippen LogP contribution in [0.5, 0.6) is 0 Å². The lowest BCUT2D eigenvalue weighted by Crippen LogP contribution is -1.99. The number of anilines is 1. The van der Waals surface area contributed by atoms with Crippen LogP contribution in [0.1, 0.15) is 6.92 Å². The molecule has 1 aromatic rings. The Balaban J connectivity index is 2.87. The average molecular weight is 204 g/mol. The molecule has 0 aliphatic rings. The molecule has 0 atom stereocenters. The van der Waals surface area contributed by atoms with Crippen molar-refractivity contribution >= 4 is 29.1 Å². The molecule has 1 aromatic heterocycles. The lowest BCUT2D eigenvalue weighted by molar-refractivity contribution is 0.967.